The number of halogens is 3. The van der Waals surface area contributed by atoms with E-state index in [0.717, 1.165) is 5.56 Å². The molecule has 1 unspecified atom stereocenters. The van der Waals surface area contributed by atoms with E-state index in [1.807, 2.05) is 0 Å². The third-order valence-corrected chi connectivity index (χ3v) is 2.27. The second kappa shape index (κ2) is 9.50. The monoisotopic (exact) mass is 308 g/mol. The van der Waals surface area contributed by atoms with Gasteiger partial charge >= 0.3 is 0 Å². The van der Waals surface area contributed by atoms with Gasteiger partial charge in [0.2, 0.25) is 5.91 Å². The molecule has 0 heterocycles. The van der Waals surface area contributed by atoms with E-state index in [-0.39, 0.29) is 30.8 Å². The average Bonchev–Trinajstić information content (AvgIpc) is 2.34. The van der Waals surface area contributed by atoms with Gasteiger partial charge in [-0.25, -0.2) is 8.78 Å². The molecule has 0 aliphatic carbocycles. The number of benzene rings is 1. The highest BCUT2D eigenvalue weighted by Crippen LogP contribution is 2.14. The molecule has 0 radical (unpaired) electrons. The minimum atomic E-state index is -2.51. The zero-order valence-electron chi connectivity index (χ0n) is 11.1. The van der Waals surface area contributed by atoms with Gasteiger partial charge in [0, 0.05) is 19.0 Å². The van der Waals surface area contributed by atoms with Gasteiger partial charge in [0.1, 0.15) is 12.4 Å². The molecule has 0 aliphatic heterocycles. The molecular formula is C13H19ClF2N2O2. The van der Waals surface area contributed by atoms with E-state index >= 15 is 0 Å². The molecule has 0 fully saturated rings. The molecule has 4 nitrogen and oxygen atoms in total. The predicted molar refractivity (Wildman–Crippen MR) is 75.3 cm³/mol. The summed E-state index contributed by atoms with van der Waals surface area (Å²) in [5.41, 5.74) is 6.28. The molecule has 3 N–H and O–H groups in total. The summed E-state index contributed by atoms with van der Waals surface area (Å²) in [5.74, 6) is 0.216. The van der Waals surface area contributed by atoms with Crippen molar-refractivity contribution >= 4 is 18.3 Å². The predicted octanol–water partition coefficient (Wildman–Crippen LogP) is 2.11. The van der Waals surface area contributed by atoms with Crippen molar-refractivity contribution in [3.8, 4) is 5.75 Å². The van der Waals surface area contributed by atoms with E-state index in [4.69, 9.17) is 10.5 Å². The topological polar surface area (TPSA) is 64.4 Å². The Bertz CT molecular complexity index is 417. The van der Waals surface area contributed by atoms with Crippen molar-refractivity contribution in [1.29, 1.82) is 0 Å². The van der Waals surface area contributed by atoms with Crippen LogP contribution in [0.1, 0.15) is 18.9 Å². The lowest BCUT2D eigenvalue weighted by atomic mass is 10.2. The van der Waals surface area contributed by atoms with Crippen molar-refractivity contribution in [2.24, 2.45) is 5.73 Å². The molecule has 0 saturated heterocycles. The SMILES string of the molecule is CC(N)CC(=O)NCc1cccc(OCC(F)F)c1.Cl. The normalized spacial score (nSPS) is 11.7. The number of ether oxygens (including phenoxy) is 1. The molecule has 0 aliphatic rings. The number of amides is 1. The number of carbonyl (C=O) groups is 1. The lowest BCUT2D eigenvalue weighted by molar-refractivity contribution is -0.121. The number of nitrogens with two attached hydrogens (primary N) is 1. The Hall–Kier alpha value is -1.40. The van der Waals surface area contributed by atoms with Crippen LogP contribution in [-0.4, -0.2) is 25.0 Å². The first-order chi connectivity index (χ1) is 8.97. The smallest absolute Gasteiger partial charge is 0.272 e. The fraction of sp³-hybridized carbons (Fsp3) is 0.462. The highest BCUT2D eigenvalue weighted by atomic mass is 35.5. The van der Waals surface area contributed by atoms with Crippen LogP contribution in [0.5, 0.6) is 5.75 Å². The van der Waals surface area contributed by atoms with Crippen LogP contribution in [0.3, 0.4) is 0 Å². The zero-order valence-corrected chi connectivity index (χ0v) is 12.0. The summed E-state index contributed by atoms with van der Waals surface area (Å²) >= 11 is 0. The minimum absolute atomic E-state index is 0. The van der Waals surface area contributed by atoms with Crippen LogP contribution >= 0.6 is 12.4 Å². The molecule has 0 bridgehead atoms. The van der Waals surface area contributed by atoms with Gasteiger partial charge in [-0.15, -0.1) is 12.4 Å². The third-order valence-electron chi connectivity index (χ3n) is 2.27. The van der Waals surface area contributed by atoms with Gasteiger partial charge in [0.15, 0.2) is 0 Å². The lowest BCUT2D eigenvalue weighted by Gasteiger charge is -2.09. The Balaban J connectivity index is 0.00000361. The molecular weight excluding hydrogens is 290 g/mol. The van der Waals surface area contributed by atoms with E-state index < -0.39 is 13.0 Å². The number of rotatable bonds is 7. The van der Waals surface area contributed by atoms with Gasteiger partial charge < -0.3 is 15.8 Å². The molecule has 1 aromatic rings. The molecule has 0 spiro atoms. The Morgan fingerprint density at radius 1 is 1.45 bits per heavy atom. The zero-order chi connectivity index (χ0) is 14.3. The Kier molecular flexibility index (Phi) is 8.83. The molecule has 20 heavy (non-hydrogen) atoms. The van der Waals surface area contributed by atoms with E-state index in [9.17, 15) is 13.6 Å². The van der Waals surface area contributed by atoms with Crippen molar-refractivity contribution in [3.05, 3.63) is 29.8 Å². The molecule has 1 amide bonds. The van der Waals surface area contributed by atoms with Gasteiger partial charge in [-0.3, -0.25) is 4.79 Å². The summed E-state index contributed by atoms with van der Waals surface area (Å²) in [5, 5.41) is 2.70. The van der Waals surface area contributed by atoms with Crippen LogP contribution in [0.4, 0.5) is 8.78 Å². The second-order valence-corrected chi connectivity index (χ2v) is 4.31. The fourth-order valence-electron chi connectivity index (χ4n) is 1.47. The van der Waals surface area contributed by atoms with Crippen molar-refractivity contribution in [3.63, 3.8) is 0 Å². The first kappa shape index (κ1) is 18.6. The van der Waals surface area contributed by atoms with Crippen molar-refractivity contribution in [2.45, 2.75) is 32.4 Å². The van der Waals surface area contributed by atoms with Gasteiger partial charge in [0.05, 0.1) is 0 Å². The molecule has 0 saturated carbocycles. The van der Waals surface area contributed by atoms with Crippen molar-refractivity contribution in [2.75, 3.05) is 6.61 Å². The number of alkyl halides is 2. The molecule has 1 rings (SSSR count). The van der Waals surface area contributed by atoms with Crippen LogP contribution in [0.25, 0.3) is 0 Å². The van der Waals surface area contributed by atoms with Gasteiger partial charge in [0.25, 0.3) is 6.43 Å². The van der Waals surface area contributed by atoms with Crippen LogP contribution in [0.15, 0.2) is 24.3 Å². The number of hydrogen-bond donors (Lipinski definition) is 2. The van der Waals surface area contributed by atoms with E-state index in [1.165, 1.54) is 0 Å². The lowest BCUT2D eigenvalue weighted by Crippen LogP contribution is -2.29. The summed E-state index contributed by atoms with van der Waals surface area (Å²) < 4.78 is 28.9. The molecule has 114 valence electrons. The minimum Gasteiger partial charge on any atom is -0.488 e. The summed E-state index contributed by atoms with van der Waals surface area (Å²) in [6.45, 7) is 1.43. The summed E-state index contributed by atoms with van der Waals surface area (Å²) in [6, 6.07) is 6.49. The van der Waals surface area contributed by atoms with Gasteiger partial charge in [-0.2, -0.15) is 0 Å². The van der Waals surface area contributed by atoms with E-state index in [0.29, 0.717) is 12.3 Å². The molecule has 1 atom stereocenters. The fourth-order valence-corrected chi connectivity index (χ4v) is 1.47. The van der Waals surface area contributed by atoms with Crippen LogP contribution < -0.4 is 15.8 Å². The Labute approximate surface area is 123 Å². The van der Waals surface area contributed by atoms with Crippen molar-refractivity contribution < 1.29 is 18.3 Å². The number of nitrogens with one attached hydrogen (secondary N) is 1. The molecule has 7 heteroatoms. The number of carbonyl (C=O) groups excluding carboxylic acids is 1. The first-order valence-corrected chi connectivity index (χ1v) is 5.99. The highest BCUT2D eigenvalue weighted by Gasteiger charge is 2.06. The quantitative estimate of drug-likeness (QED) is 0.811. The van der Waals surface area contributed by atoms with Gasteiger partial charge in [-0.1, -0.05) is 12.1 Å². The van der Waals surface area contributed by atoms with E-state index in [1.54, 1.807) is 31.2 Å². The maximum Gasteiger partial charge on any atom is 0.272 e. The maximum atomic E-state index is 12.0. The van der Waals surface area contributed by atoms with E-state index in [2.05, 4.69) is 5.32 Å². The van der Waals surface area contributed by atoms with Crippen LogP contribution in [-0.2, 0) is 11.3 Å². The summed E-state index contributed by atoms with van der Waals surface area (Å²) in [4.78, 5) is 11.4. The van der Waals surface area contributed by atoms with Crippen molar-refractivity contribution in [1.82, 2.24) is 5.32 Å². The van der Waals surface area contributed by atoms with Gasteiger partial charge in [-0.05, 0) is 24.6 Å². The second-order valence-electron chi connectivity index (χ2n) is 4.31. The number of hydrogen-bond acceptors (Lipinski definition) is 3. The largest absolute Gasteiger partial charge is 0.488 e. The Morgan fingerprint density at radius 2 is 2.15 bits per heavy atom. The highest BCUT2D eigenvalue weighted by molar-refractivity contribution is 5.85. The average molecular weight is 309 g/mol. The maximum absolute atomic E-state index is 12.0. The standard InChI is InChI=1S/C13H18F2N2O2.ClH/c1-9(16)5-13(18)17-7-10-3-2-4-11(6-10)19-8-12(14)15;/h2-4,6,9,12H,5,7-8,16H2,1H3,(H,17,18);1H. The Morgan fingerprint density at radius 3 is 2.75 bits per heavy atom. The van der Waals surface area contributed by atoms with Crippen LogP contribution in [0.2, 0.25) is 0 Å². The third kappa shape index (κ3) is 7.91. The molecule has 1 aromatic carbocycles. The summed E-state index contributed by atoms with van der Waals surface area (Å²) in [6.07, 6.45) is -2.25. The first-order valence-electron chi connectivity index (χ1n) is 5.99. The van der Waals surface area contributed by atoms with Crippen LogP contribution in [0, 0.1) is 0 Å². The summed E-state index contributed by atoms with van der Waals surface area (Å²) in [7, 11) is 0. The molecule has 0 aromatic heterocycles.